The Hall–Kier alpha value is -2.68. The van der Waals surface area contributed by atoms with E-state index in [1.807, 2.05) is 12.3 Å². The fourth-order valence-corrected chi connectivity index (χ4v) is 3.31. The minimum atomic E-state index is -0.611. The number of aryl methyl sites for hydroxylation is 2. The number of aromatic nitrogens is 5. The summed E-state index contributed by atoms with van der Waals surface area (Å²) in [5.74, 6) is 0.102. The molecule has 0 aliphatic rings. The van der Waals surface area contributed by atoms with Gasteiger partial charge in [0, 0.05) is 18.8 Å². The van der Waals surface area contributed by atoms with Gasteiger partial charge in [0.2, 0.25) is 5.91 Å². The molecule has 2 heterocycles. The number of benzene rings is 1. The summed E-state index contributed by atoms with van der Waals surface area (Å²) in [6, 6.07) is 5.48. The molecule has 9 heteroatoms. The van der Waals surface area contributed by atoms with Crippen molar-refractivity contribution in [2.75, 3.05) is 7.05 Å². The average molecular weight is 374 g/mol. The lowest BCUT2D eigenvalue weighted by Gasteiger charge is -2.23. The fourth-order valence-electron chi connectivity index (χ4n) is 2.70. The number of amides is 1. The van der Waals surface area contributed by atoms with Gasteiger partial charge in [0.1, 0.15) is 17.7 Å². The minimum absolute atomic E-state index is 0.129. The highest BCUT2D eigenvalue weighted by molar-refractivity contribution is 7.09. The zero-order chi connectivity index (χ0) is 18.7. The second-order valence-corrected chi connectivity index (χ2v) is 7.13. The normalized spacial score (nSPS) is 12.2. The number of rotatable bonds is 6. The van der Waals surface area contributed by atoms with E-state index in [0.29, 0.717) is 18.8 Å². The monoisotopic (exact) mass is 374 g/mol. The lowest BCUT2D eigenvalue weighted by molar-refractivity contribution is -0.134. The molecule has 0 N–H and O–H groups in total. The Kier molecular flexibility index (Phi) is 5.36. The molecule has 0 aliphatic carbocycles. The Morgan fingerprint density at radius 2 is 2.04 bits per heavy atom. The highest BCUT2D eigenvalue weighted by Crippen LogP contribution is 2.19. The standard InChI is InChI=1S/C17H19FN6OS/c1-11-20-21-22-24(11)16(8-13-4-6-14(18)7-5-13)17(25)23(3)9-15-10-26-12(2)19-15/h4-7,10,16H,8-9H2,1-3H3. The number of halogens is 1. The quantitative estimate of drug-likeness (QED) is 0.662. The maximum atomic E-state index is 13.2. The maximum Gasteiger partial charge on any atom is 0.248 e. The van der Waals surface area contributed by atoms with Crippen molar-refractivity contribution in [2.24, 2.45) is 0 Å². The number of hydrogen-bond acceptors (Lipinski definition) is 6. The van der Waals surface area contributed by atoms with Gasteiger partial charge in [0.05, 0.1) is 17.2 Å². The molecule has 136 valence electrons. The van der Waals surface area contributed by atoms with Crippen LogP contribution in [0.15, 0.2) is 29.6 Å². The number of hydrogen-bond donors (Lipinski definition) is 0. The van der Waals surface area contributed by atoms with Crippen LogP contribution in [0.4, 0.5) is 4.39 Å². The van der Waals surface area contributed by atoms with Gasteiger partial charge in [-0.15, -0.1) is 16.4 Å². The molecule has 0 saturated heterocycles. The number of tetrazole rings is 1. The van der Waals surface area contributed by atoms with Gasteiger partial charge >= 0.3 is 0 Å². The van der Waals surface area contributed by atoms with E-state index < -0.39 is 6.04 Å². The number of nitrogens with zero attached hydrogens (tertiary/aromatic N) is 6. The molecule has 3 rings (SSSR count). The van der Waals surface area contributed by atoms with Gasteiger partial charge in [-0.2, -0.15) is 0 Å². The second kappa shape index (κ2) is 7.69. The highest BCUT2D eigenvalue weighted by Gasteiger charge is 2.27. The summed E-state index contributed by atoms with van der Waals surface area (Å²) in [5.41, 5.74) is 1.68. The molecule has 7 nitrogen and oxygen atoms in total. The third kappa shape index (κ3) is 4.10. The summed E-state index contributed by atoms with van der Waals surface area (Å²) >= 11 is 1.55. The predicted octanol–water partition coefficient (Wildman–Crippen LogP) is 2.33. The maximum absolute atomic E-state index is 13.2. The Morgan fingerprint density at radius 1 is 1.31 bits per heavy atom. The Morgan fingerprint density at radius 3 is 2.62 bits per heavy atom. The molecule has 1 amide bonds. The third-order valence-corrected chi connectivity index (χ3v) is 4.84. The van der Waals surface area contributed by atoms with E-state index in [1.165, 1.54) is 16.8 Å². The smallest absolute Gasteiger partial charge is 0.248 e. The van der Waals surface area contributed by atoms with Crippen LogP contribution in [0.2, 0.25) is 0 Å². The van der Waals surface area contributed by atoms with E-state index in [1.54, 1.807) is 42.3 Å². The Balaban J connectivity index is 1.83. The van der Waals surface area contributed by atoms with Gasteiger partial charge in [0.25, 0.3) is 0 Å². The fraction of sp³-hybridized carbons (Fsp3) is 0.353. The zero-order valence-corrected chi connectivity index (χ0v) is 15.6. The predicted molar refractivity (Wildman–Crippen MR) is 95.0 cm³/mol. The van der Waals surface area contributed by atoms with Gasteiger partial charge in [-0.1, -0.05) is 12.1 Å². The number of thiazole rings is 1. The first-order chi connectivity index (χ1) is 12.4. The molecule has 0 saturated carbocycles. The topological polar surface area (TPSA) is 76.8 Å². The number of carbonyl (C=O) groups is 1. The van der Waals surface area contributed by atoms with Crippen LogP contribution in [-0.2, 0) is 17.8 Å². The summed E-state index contributed by atoms with van der Waals surface area (Å²) in [4.78, 5) is 19.1. The van der Waals surface area contributed by atoms with Crippen LogP contribution in [0, 0.1) is 19.7 Å². The van der Waals surface area contributed by atoms with Crippen LogP contribution in [0.25, 0.3) is 0 Å². The molecule has 0 spiro atoms. The first-order valence-corrected chi connectivity index (χ1v) is 8.97. The van der Waals surface area contributed by atoms with Crippen molar-refractivity contribution >= 4 is 17.2 Å². The van der Waals surface area contributed by atoms with E-state index in [0.717, 1.165) is 16.3 Å². The van der Waals surface area contributed by atoms with Crippen LogP contribution in [-0.4, -0.2) is 43.0 Å². The van der Waals surface area contributed by atoms with E-state index in [4.69, 9.17) is 0 Å². The highest BCUT2D eigenvalue weighted by atomic mass is 32.1. The molecule has 0 aliphatic heterocycles. The number of likely N-dealkylation sites (N-methyl/N-ethyl adjacent to an activating group) is 1. The molecule has 1 aromatic carbocycles. The summed E-state index contributed by atoms with van der Waals surface area (Å²) in [6.45, 7) is 4.08. The van der Waals surface area contributed by atoms with Crippen LogP contribution >= 0.6 is 11.3 Å². The van der Waals surface area contributed by atoms with Crippen LogP contribution < -0.4 is 0 Å². The van der Waals surface area contributed by atoms with E-state index in [9.17, 15) is 9.18 Å². The van der Waals surface area contributed by atoms with Gasteiger partial charge < -0.3 is 4.90 Å². The van der Waals surface area contributed by atoms with Crippen molar-refractivity contribution in [2.45, 2.75) is 32.9 Å². The molecule has 3 aromatic rings. The summed E-state index contributed by atoms with van der Waals surface area (Å²) in [6.07, 6.45) is 0.366. The van der Waals surface area contributed by atoms with Crippen molar-refractivity contribution < 1.29 is 9.18 Å². The molecule has 1 atom stereocenters. The van der Waals surface area contributed by atoms with Crippen molar-refractivity contribution in [3.05, 3.63) is 57.6 Å². The van der Waals surface area contributed by atoms with Gasteiger partial charge in [-0.05, 0) is 42.0 Å². The van der Waals surface area contributed by atoms with Crippen molar-refractivity contribution in [3.63, 3.8) is 0 Å². The molecule has 0 radical (unpaired) electrons. The van der Waals surface area contributed by atoms with Gasteiger partial charge in [-0.25, -0.2) is 14.1 Å². The Labute approximate surface area is 154 Å². The molecule has 0 fully saturated rings. The van der Waals surface area contributed by atoms with Crippen molar-refractivity contribution in [1.82, 2.24) is 30.1 Å². The molecular formula is C17H19FN6OS. The van der Waals surface area contributed by atoms with Crippen LogP contribution in [0.5, 0.6) is 0 Å². The largest absolute Gasteiger partial charge is 0.338 e. The number of carbonyl (C=O) groups excluding carboxylic acids is 1. The lowest BCUT2D eigenvalue weighted by Crippen LogP contribution is -2.36. The van der Waals surface area contributed by atoms with Crippen molar-refractivity contribution in [3.8, 4) is 0 Å². The van der Waals surface area contributed by atoms with E-state index in [-0.39, 0.29) is 11.7 Å². The summed E-state index contributed by atoms with van der Waals surface area (Å²) in [5, 5.41) is 14.4. The van der Waals surface area contributed by atoms with Crippen molar-refractivity contribution in [1.29, 1.82) is 0 Å². The summed E-state index contributed by atoms with van der Waals surface area (Å²) in [7, 11) is 1.73. The second-order valence-electron chi connectivity index (χ2n) is 6.07. The molecule has 2 aromatic heterocycles. The SMILES string of the molecule is Cc1nc(CN(C)C(=O)C(Cc2ccc(F)cc2)n2nnnc2C)cs1. The lowest BCUT2D eigenvalue weighted by atomic mass is 10.0. The Bertz CT molecular complexity index is 891. The average Bonchev–Trinajstić information content (AvgIpc) is 3.22. The van der Waals surface area contributed by atoms with Gasteiger partial charge in [-0.3, -0.25) is 4.79 Å². The molecular weight excluding hydrogens is 355 g/mol. The first-order valence-electron chi connectivity index (χ1n) is 8.09. The molecule has 26 heavy (non-hydrogen) atoms. The molecule has 1 unspecified atom stereocenters. The first kappa shape index (κ1) is 18.1. The minimum Gasteiger partial charge on any atom is -0.338 e. The zero-order valence-electron chi connectivity index (χ0n) is 14.8. The van der Waals surface area contributed by atoms with E-state index >= 15 is 0 Å². The van der Waals surface area contributed by atoms with Gasteiger partial charge in [0.15, 0.2) is 0 Å². The van der Waals surface area contributed by atoms with Crippen LogP contribution in [0.3, 0.4) is 0 Å². The third-order valence-electron chi connectivity index (χ3n) is 4.02. The van der Waals surface area contributed by atoms with Crippen LogP contribution in [0.1, 0.15) is 28.1 Å². The summed E-state index contributed by atoms with van der Waals surface area (Å²) < 4.78 is 14.7. The molecule has 0 bridgehead atoms. The van der Waals surface area contributed by atoms with E-state index in [2.05, 4.69) is 20.5 Å².